The van der Waals surface area contributed by atoms with Gasteiger partial charge in [0.15, 0.2) is 0 Å². The summed E-state index contributed by atoms with van der Waals surface area (Å²) in [5.74, 6) is 0.388. The molecule has 1 atom stereocenters. The number of rotatable bonds is 2. The Labute approximate surface area is 101 Å². The van der Waals surface area contributed by atoms with Gasteiger partial charge in [-0.15, -0.1) is 0 Å². The highest BCUT2D eigenvalue weighted by molar-refractivity contribution is 6.30. The summed E-state index contributed by atoms with van der Waals surface area (Å²) in [5.41, 5.74) is 1.26. The van der Waals surface area contributed by atoms with Crippen molar-refractivity contribution in [2.45, 2.75) is 25.8 Å². The van der Waals surface area contributed by atoms with E-state index in [1.807, 2.05) is 12.1 Å². The van der Waals surface area contributed by atoms with Crippen LogP contribution in [0.25, 0.3) is 0 Å². The molecular formula is C13H16ClNO. The molecule has 16 heavy (non-hydrogen) atoms. The van der Waals surface area contributed by atoms with E-state index in [1.54, 1.807) is 0 Å². The maximum atomic E-state index is 11.2. The maximum absolute atomic E-state index is 11.2. The zero-order chi connectivity index (χ0) is 11.5. The minimum atomic E-state index is 0.366. The fourth-order valence-corrected chi connectivity index (χ4v) is 2.24. The summed E-state index contributed by atoms with van der Waals surface area (Å²) in [4.78, 5) is 13.5. The lowest BCUT2D eigenvalue weighted by Gasteiger charge is -2.32. The summed E-state index contributed by atoms with van der Waals surface area (Å²) in [6.45, 7) is 3.93. The smallest absolute Gasteiger partial charge is 0.135 e. The second-order valence-electron chi connectivity index (χ2n) is 4.30. The van der Waals surface area contributed by atoms with E-state index in [-0.39, 0.29) is 0 Å². The first-order valence-electron chi connectivity index (χ1n) is 5.68. The van der Waals surface area contributed by atoms with Crippen LogP contribution in [0, 0.1) is 0 Å². The Balaban J connectivity index is 2.04. The minimum Gasteiger partial charge on any atom is -0.300 e. The molecule has 1 fully saturated rings. The van der Waals surface area contributed by atoms with Gasteiger partial charge in [-0.05, 0) is 24.6 Å². The number of benzene rings is 1. The Hall–Kier alpha value is -0.860. The van der Waals surface area contributed by atoms with Gasteiger partial charge in [-0.3, -0.25) is 9.69 Å². The van der Waals surface area contributed by atoms with Gasteiger partial charge < -0.3 is 0 Å². The molecular weight excluding hydrogens is 222 g/mol. The third-order valence-corrected chi connectivity index (χ3v) is 3.51. The fourth-order valence-electron chi connectivity index (χ4n) is 2.11. The van der Waals surface area contributed by atoms with Crippen LogP contribution >= 0.6 is 11.6 Å². The number of ketones is 1. The third kappa shape index (κ3) is 2.63. The number of Topliss-reactive ketones (excluding diaryl/α,β-unsaturated/α-hetero) is 1. The number of carbonyl (C=O) groups is 1. The molecule has 0 radical (unpaired) electrons. The van der Waals surface area contributed by atoms with Crippen molar-refractivity contribution in [3.05, 3.63) is 34.9 Å². The molecule has 0 aliphatic carbocycles. The van der Waals surface area contributed by atoms with Crippen molar-refractivity contribution in [3.8, 4) is 0 Å². The van der Waals surface area contributed by atoms with Crippen LogP contribution in [0.2, 0.25) is 5.02 Å². The molecule has 0 N–H and O–H groups in total. The maximum Gasteiger partial charge on any atom is 0.135 e. The molecule has 0 amide bonds. The van der Waals surface area contributed by atoms with Crippen LogP contribution in [0.3, 0.4) is 0 Å². The summed E-state index contributed by atoms with van der Waals surface area (Å²) in [7, 11) is 0. The predicted molar refractivity (Wildman–Crippen MR) is 65.7 cm³/mol. The van der Waals surface area contributed by atoms with E-state index in [0.717, 1.165) is 18.1 Å². The number of carbonyl (C=O) groups excluding carboxylic acids is 1. The van der Waals surface area contributed by atoms with Gasteiger partial charge in [0.05, 0.1) is 0 Å². The molecule has 2 rings (SSSR count). The zero-order valence-electron chi connectivity index (χ0n) is 9.45. The van der Waals surface area contributed by atoms with Gasteiger partial charge in [-0.1, -0.05) is 23.7 Å². The lowest BCUT2D eigenvalue weighted by Crippen LogP contribution is -2.35. The topological polar surface area (TPSA) is 20.3 Å². The second-order valence-corrected chi connectivity index (χ2v) is 4.74. The van der Waals surface area contributed by atoms with Crippen LogP contribution in [-0.2, 0) is 4.79 Å². The number of nitrogens with zero attached hydrogens (tertiary/aromatic N) is 1. The molecule has 0 saturated carbocycles. The van der Waals surface area contributed by atoms with Crippen molar-refractivity contribution < 1.29 is 4.79 Å². The van der Waals surface area contributed by atoms with Crippen molar-refractivity contribution in [2.24, 2.45) is 0 Å². The predicted octanol–water partition coefficient (Wildman–Crippen LogP) is 3.07. The molecule has 1 aliphatic rings. The van der Waals surface area contributed by atoms with E-state index in [4.69, 9.17) is 11.6 Å². The molecule has 1 heterocycles. The average molecular weight is 238 g/mol. The van der Waals surface area contributed by atoms with Gasteiger partial charge in [0.25, 0.3) is 0 Å². The summed E-state index contributed by atoms with van der Waals surface area (Å²) in [6.07, 6.45) is 1.38. The molecule has 1 aromatic rings. The average Bonchev–Trinajstić information content (AvgIpc) is 2.30. The van der Waals surface area contributed by atoms with Crippen molar-refractivity contribution in [1.82, 2.24) is 4.90 Å². The van der Waals surface area contributed by atoms with Crippen molar-refractivity contribution in [3.63, 3.8) is 0 Å². The first kappa shape index (κ1) is 11.6. The zero-order valence-corrected chi connectivity index (χ0v) is 10.2. The lowest BCUT2D eigenvalue weighted by molar-refractivity contribution is -0.121. The monoisotopic (exact) mass is 237 g/mol. The number of piperidine rings is 1. The van der Waals surface area contributed by atoms with Crippen LogP contribution in [0.5, 0.6) is 0 Å². The number of hydrogen-bond acceptors (Lipinski definition) is 2. The van der Waals surface area contributed by atoms with Gasteiger partial charge >= 0.3 is 0 Å². The fraction of sp³-hybridized carbons (Fsp3) is 0.462. The highest BCUT2D eigenvalue weighted by Crippen LogP contribution is 2.24. The van der Waals surface area contributed by atoms with Crippen molar-refractivity contribution in [2.75, 3.05) is 13.1 Å². The second kappa shape index (κ2) is 4.98. The summed E-state index contributed by atoms with van der Waals surface area (Å²) >= 11 is 5.86. The Morgan fingerprint density at radius 3 is 2.31 bits per heavy atom. The molecule has 0 aromatic heterocycles. The Morgan fingerprint density at radius 2 is 1.75 bits per heavy atom. The number of likely N-dealkylation sites (tertiary alicyclic amines) is 1. The molecule has 1 aliphatic heterocycles. The Morgan fingerprint density at radius 1 is 1.19 bits per heavy atom. The van der Waals surface area contributed by atoms with Crippen LogP contribution in [-0.4, -0.2) is 23.8 Å². The largest absolute Gasteiger partial charge is 0.300 e. The van der Waals surface area contributed by atoms with Gasteiger partial charge in [-0.2, -0.15) is 0 Å². The van der Waals surface area contributed by atoms with Crippen LogP contribution in [0.15, 0.2) is 24.3 Å². The van der Waals surface area contributed by atoms with Crippen molar-refractivity contribution in [1.29, 1.82) is 0 Å². The number of halogens is 1. The van der Waals surface area contributed by atoms with E-state index in [1.165, 1.54) is 5.56 Å². The van der Waals surface area contributed by atoms with E-state index in [2.05, 4.69) is 24.0 Å². The highest BCUT2D eigenvalue weighted by Gasteiger charge is 2.21. The first-order valence-corrected chi connectivity index (χ1v) is 6.06. The van der Waals surface area contributed by atoms with Gasteiger partial charge in [0, 0.05) is 37.0 Å². The minimum absolute atomic E-state index is 0.366. The van der Waals surface area contributed by atoms with E-state index in [9.17, 15) is 4.79 Å². The SMILES string of the molecule is CC(c1ccc(Cl)cc1)N1CCC(=O)CC1. The first-order chi connectivity index (χ1) is 7.66. The molecule has 3 heteroatoms. The van der Waals surface area contributed by atoms with Gasteiger partial charge in [-0.25, -0.2) is 0 Å². The summed E-state index contributed by atoms with van der Waals surface area (Å²) in [5, 5.41) is 0.768. The van der Waals surface area contributed by atoms with Crippen LogP contribution in [0.1, 0.15) is 31.4 Å². The standard InChI is InChI=1S/C13H16ClNO/c1-10(11-2-4-12(14)5-3-11)15-8-6-13(16)7-9-15/h2-5,10H,6-9H2,1H3. The number of hydrogen-bond donors (Lipinski definition) is 0. The van der Waals surface area contributed by atoms with E-state index in [0.29, 0.717) is 24.7 Å². The molecule has 2 nitrogen and oxygen atoms in total. The van der Waals surface area contributed by atoms with Crippen LogP contribution < -0.4 is 0 Å². The molecule has 1 aromatic carbocycles. The third-order valence-electron chi connectivity index (χ3n) is 3.26. The highest BCUT2D eigenvalue weighted by atomic mass is 35.5. The molecule has 1 saturated heterocycles. The lowest BCUT2D eigenvalue weighted by atomic mass is 10.0. The normalized spacial score (nSPS) is 19.8. The molecule has 0 spiro atoms. The summed E-state index contributed by atoms with van der Waals surface area (Å²) < 4.78 is 0. The Kier molecular flexibility index (Phi) is 3.62. The summed E-state index contributed by atoms with van der Waals surface area (Å²) in [6, 6.07) is 8.32. The molecule has 1 unspecified atom stereocenters. The van der Waals surface area contributed by atoms with Crippen LogP contribution in [0.4, 0.5) is 0 Å². The van der Waals surface area contributed by atoms with Gasteiger partial charge in [0.1, 0.15) is 5.78 Å². The van der Waals surface area contributed by atoms with E-state index < -0.39 is 0 Å². The van der Waals surface area contributed by atoms with Crippen molar-refractivity contribution >= 4 is 17.4 Å². The quantitative estimate of drug-likeness (QED) is 0.788. The molecule has 86 valence electrons. The van der Waals surface area contributed by atoms with E-state index >= 15 is 0 Å². The molecule has 0 bridgehead atoms. The van der Waals surface area contributed by atoms with Gasteiger partial charge in [0.2, 0.25) is 0 Å². The Bertz CT molecular complexity index is 364.